The predicted octanol–water partition coefficient (Wildman–Crippen LogP) is 4.32. The van der Waals surface area contributed by atoms with Gasteiger partial charge in [-0.1, -0.05) is 58.9 Å². The zero-order chi connectivity index (χ0) is 18.9. The van der Waals surface area contributed by atoms with E-state index in [9.17, 15) is 4.79 Å². The lowest BCUT2D eigenvalue weighted by Gasteiger charge is -2.20. The number of carbonyl (C=O) groups is 1. The van der Waals surface area contributed by atoms with Gasteiger partial charge in [-0.3, -0.25) is 9.69 Å². The summed E-state index contributed by atoms with van der Waals surface area (Å²) in [5.41, 5.74) is 2.20. The number of likely N-dealkylation sites (N-methyl/N-ethyl adjacent to an activating group) is 1. The van der Waals surface area contributed by atoms with Crippen LogP contribution >= 0.6 is 15.9 Å². The Bertz CT molecular complexity index is 731. The van der Waals surface area contributed by atoms with Gasteiger partial charge in [-0.2, -0.15) is 0 Å². The Morgan fingerprint density at radius 2 is 1.96 bits per heavy atom. The van der Waals surface area contributed by atoms with Gasteiger partial charge in [0.1, 0.15) is 12.4 Å². The summed E-state index contributed by atoms with van der Waals surface area (Å²) in [5.74, 6) is 0.818. The number of hydrogen-bond acceptors (Lipinski definition) is 3. The molecule has 138 valence electrons. The highest BCUT2D eigenvalue weighted by atomic mass is 79.9. The van der Waals surface area contributed by atoms with E-state index in [4.69, 9.17) is 4.74 Å². The molecule has 1 N–H and O–H groups in total. The third-order valence-corrected chi connectivity index (χ3v) is 4.63. The SMILES string of the molecule is C=CCOc1ccc(CN(C)CC(=O)N[C@@H](C)c2ccccc2Br)cc1. The second kappa shape index (κ2) is 10.1. The van der Waals surface area contributed by atoms with Crippen LogP contribution in [0.4, 0.5) is 0 Å². The Morgan fingerprint density at radius 3 is 2.62 bits per heavy atom. The summed E-state index contributed by atoms with van der Waals surface area (Å²) in [4.78, 5) is 14.3. The number of amides is 1. The van der Waals surface area contributed by atoms with E-state index in [0.717, 1.165) is 21.3 Å². The van der Waals surface area contributed by atoms with Gasteiger partial charge < -0.3 is 10.1 Å². The van der Waals surface area contributed by atoms with Crippen molar-refractivity contribution in [2.45, 2.75) is 19.5 Å². The first kappa shape index (κ1) is 20.2. The number of benzene rings is 2. The maximum atomic E-state index is 12.3. The molecule has 0 spiro atoms. The summed E-state index contributed by atoms with van der Waals surface area (Å²) in [6.07, 6.45) is 1.72. The third kappa shape index (κ3) is 6.32. The molecule has 2 rings (SSSR count). The molecule has 4 nitrogen and oxygen atoms in total. The number of hydrogen-bond donors (Lipinski definition) is 1. The Kier molecular flexibility index (Phi) is 7.88. The van der Waals surface area contributed by atoms with E-state index >= 15 is 0 Å². The van der Waals surface area contributed by atoms with Crippen molar-refractivity contribution in [3.63, 3.8) is 0 Å². The Balaban J connectivity index is 1.83. The normalized spacial score (nSPS) is 11.8. The smallest absolute Gasteiger partial charge is 0.234 e. The van der Waals surface area contributed by atoms with Crippen LogP contribution in [0.2, 0.25) is 0 Å². The van der Waals surface area contributed by atoms with Crippen molar-refractivity contribution in [3.05, 3.63) is 76.8 Å². The Hall–Kier alpha value is -2.11. The molecule has 0 aliphatic heterocycles. The van der Waals surface area contributed by atoms with Crippen molar-refractivity contribution in [1.82, 2.24) is 10.2 Å². The van der Waals surface area contributed by atoms with Gasteiger partial charge in [-0.25, -0.2) is 0 Å². The lowest BCUT2D eigenvalue weighted by Crippen LogP contribution is -2.36. The highest BCUT2D eigenvalue weighted by Crippen LogP contribution is 2.22. The van der Waals surface area contributed by atoms with Crippen molar-refractivity contribution in [1.29, 1.82) is 0 Å². The monoisotopic (exact) mass is 416 g/mol. The average molecular weight is 417 g/mol. The standard InChI is InChI=1S/C21H25BrN2O2/c1-4-13-26-18-11-9-17(10-12-18)14-24(3)15-21(25)23-16(2)19-7-5-6-8-20(19)22/h4-12,16H,1,13-15H2,2-3H3,(H,23,25)/t16-/m0/s1. The summed E-state index contributed by atoms with van der Waals surface area (Å²) in [6.45, 7) is 7.14. The fourth-order valence-electron chi connectivity index (χ4n) is 2.65. The molecule has 0 heterocycles. The zero-order valence-electron chi connectivity index (χ0n) is 15.2. The maximum absolute atomic E-state index is 12.3. The summed E-state index contributed by atoms with van der Waals surface area (Å²) < 4.78 is 6.48. The highest BCUT2D eigenvalue weighted by Gasteiger charge is 2.13. The van der Waals surface area contributed by atoms with Gasteiger partial charge in [0.15, 0.2) is 0 Å². The molecule has 0 radical (unpaired) electrons. The molecule has 0 unspecified atom stereocenters. The van der Waals surface area contributed by atoms with Crippen LogP contribution in [0.15, 0.2) is 65.7 Å². The van der Waals surface area contributed by atoms with Crippen molar-refractivity contribution in [2.24, 2.45) is 0 Å². The van der Waals surface area contributed by atoms with Crippen molar-refractivity contribution in [2.75, 3.05) is 20.2 Å². The van der Waals surface area contributed by atoms with E-state index in [-0.39, 0.29) is 11.9 Å². The molecular weight excluding hydrogens is 392 g/mol. The van der Waals surface area contributed by atoms with Crippen LogP contribution in [0.5, 0.6) is 5.75 Å². The minimum absolute atomic E-state index is 0.00156. The van der Waals surface area contributed by atoms with Crippen LogP contribution < -0.4 is 10.1 Å². The average Bonchev–Trinajstić information content (AvgIpc) is 2.61. The van der Waals surface area contributed by atoms with Crippen LogP contribution in [0, 0.1) is 0 Å². The van der Waals surface area contributed by atoms with Crippen molar-refractivity contribution in [3.8, 4) is 5.75 Å². The maximum Gasteiger partial charge on any atom is 0.234 e. The van der Waals surface area contributed by atoms with Crippen molar-refractivity contribution >= 4 is 21.8 Å². The number of ether oxygens (including phenoxy) is 1. The molecule has 1 atom stereocenters. The number of carbonyl (C=O) groups excluding carboxylic acids is 1. The molecular formula is C21H25BrN2O2. The highest BCUT2D eigenvalue weighted by molar-refractivity contribution is 9.10. The van der Waals surface area contributed by atoms with Gasteiger partial charge in [0.2, 0.25) is 5.91 Å². The summed E-state index contributed by atoms with van der Waals surface area (Å²) in [7, 11) is 1.94. The molecule has 5 heteroatoms. The van der Waals surface area contributed by atoms with Gasteiger partial charge in [-0.05, 0) is 43.3 Å². The van der Waals surface area contributed by atoms with E-state index in [1.807, 2.05) is 67.4 Å². The van der Waals surface area contributed by atoms with Crippen LogP contribution in [0.1, 0.15) is 24.1 Å². The first-order valence-electron chi connectivity index (χ1n) is 8.54. The van der Waals surface area contributed by atoms with Crippen LogP contribution in [-0.2, 0) is 11.3 Å². The fourth-order valence-corrected chi connectivity index (χ4v) is 3.28. The molecule has 26 heavy (non-hydrogen) atoms. The topological polar surface area (TPSA) is 41.6 Å². The van der Waals surface area contributed by atoms with Gasteiger partial charge in [0.05, 0.1) is 12.6 Å². The third-order valence-electron chi connectivity index (χ3n) is 3.91. The minimum Gasteiger partial charge on any atom is -0.490 e. The van der Waals surface area contributed by atoms with Crippen LogP contribution in [0.3, 0.4) is 0 Å². The van der Waals surface area contributed by atoms with Crippen molar-refractivity contribution < 1.29 is 9.53 Å². The quantitative estimate of drug-likeness (QED) is 0.618. The predicted molar refractivity (Wildman–Crippen MR) is 109 cm³/mol. The molecule has 0 fully saturated rings. The molecule has 0 aromatic heterocycles. The molecule has 0 saturated carbocycles. The van der Waals surface area contributed by atoms with Gasteiger partial charge >= 0.3 is 0 Å². The van der Waals surface area contributed by atoms with Gasteiger partial charge in [0.25, 0.3) is 0 Å². The second-order valence-electron chi connectivity index (χ2n) is 6.23. The molecule has 2 aromatic carbocycles. The lowest BCUT2D eigenvalue weighted by molar-refractivity contribution is -0.122. The minimum atomic E-state index is -0.0484. The number of rotatable bonds is 9. The van der Waals surface area contributed by atoms with Crippen LogP contribution in [-0.4, -0.2) is 31.0 Å². The summed E-state index contributed by atoms with van der Waals surface area (Å²) in [6, 6.07) is 15.8. The second-order valence-corrected chi connectivity index (χ2v) is 7.08. The molecule has 1 amide bonds. The van der Waals surface area contributed by atoms with E-state index in [1.54, 1.807) is 6.08 Å². The first-order chi connectivity index (χ1) is 12.5. The number of nitrogens with zero attached hydrogens (tertiary/aromatic N) is 1. The van der Waals surface area contributed by atoms with E-state index in [2.05, 4.69) is 27.8 Å². The largest absolute Gasteiger partial charge is 0.490 e. The fraction of sp³-hybridized carbons (Fsp3) is 0.286. The molecule has 2 aromatic rings. The Morgan fingerprint density at radius 1 is 1.27 bits per heavy atom. The molecule has 0 saturated heterocycles. The first-order valence-corrected chi connectivity index (χ1v) is 9.34. The molecule has 0 bridgehead atoms. The van der Waals surface area contributed by atoms with E-state index in [0.29, 0.717) is 19.7 Å². The van der Waals surface area contributed by atoms with Crippen LogP contribution in [0.25, 0.3) is 0 Å². The lowest BCUT2D eigenvalue weighted by atomic mass is 10.1. The number of halogens is 1. The molecule has 0 aliphatic rings. The summed E-state index contributed by atoms with van der Waals surface area (Å²) >= 11 is 3.53. The summed E-state index contributed by atoms with van der Waals surface area (Å²) in [5, 5.41) is 3.05. The number of nitrogens with one attached hydrogen (secondary N) is 1. The van der Waals surface area contributed by atoms with Gasteiger partial charge in [0, 0.05) is 11.0 Å². The van der Waals surface area contributed by atoms with E-state index < -0.39 is 0 Å². The van der Waals surface area contributed by atoms with Gasteiger partial charge in [-0.15, -0.1) is 0 Å². The Labute approximate surface area is 164 Å². The molecule has 0 aliphatic carbocycles. The van der Waals surface area contributed by atoms with E-state index in [1.165, 1.54) is 0 Å². The zero-order valence-corrected chi connectivity index (χ0v) is 16.8.